The van der Waals surface area contributed by atoms with Crippen LogP contribution in [-0.2, 0) is 16.0 Å². The summed E-state index contributed by atoms with van der Waals surface area (Å²) in [6.07, 6.45) is 2.67. The Hall–Kier alpha value is -2.04. The molecule has 1 aliphatic rings. The Labute approximate surface area is 112 Å². The first kappa shape index (κ1) is 13.4. The van der Waals surface area contributed by atoms with Gasteiger partial charge in [0, 0.05) is 18.7 Å². The Morgan fingerprint density at radius 2 is 2.11 bits per heavy atom. The number of aryl methyl sites for hydroxylation is 1. The van der Waals surface area contributed by atoms with Crippen LogP contribution in [0.1, 0.15) is 24.8 Å². The van der Waals surface area contributed by atoms with Gasteiger partial charge in [0.05, 0.1) is 0 Å². The Kier molecular flexibility index (Phi) is 4.39. The Morgan fingerprint density at radius 1 is 1.37 bits per heavy atom. The maximum Gasteiger partial charge on any atom is 0.242 e. The minimum absolute atomic E-state index is 0.0768. The average Bonchev–Trinajstić information content (AvgIpc) is 2.41. The van der Waals surface area contributed by atoms with Crippen molar-refractivity contribution in [2.75, 3.05) is 12.3 Å². The van der Waals surface area contributed by atoms with E-state index in [9.17, 15) is 9.59 Å². The van der Waals surface area contributed by atoms with Gasteiger partial charge < -0.3 is 16.4 Å². The van der Waals surface area contributed by atoms with Crippen LogP contribution in [0.4, 0.5) is 5.69 Å². The molecule has 2 rings (SSSR count). The summed E-state index contributed by atoms with van der Waals surface area (Å²) in [6.45, 7) is 0.705. The number of benzene rings is 1. The molecule has 1 aliphatic heterocycles. The van der Waals surface area contributed by atoms with Crippen molar-refractivity contribution in [2.24, 2.45) is 0 Å². The zero-order chi connectivity index (χ0) is 13.7. The second-order valence-electron chi connectivity index (χ2n) is 4.79. The zero-order valence-electron chi connectivity index (χ0n) is 10.8. The smallest absolute Gasteiger partial charge is 0.242 e. The van der Waals surface area contributed by atoms with Crippen LogP contribution in [0.15, 0.2) is 24.3 Å². The standard InChI is InChI=1S/C14H19N3O2/c15-11-6-3-10(4-7-11)5-8-13(18)17-12-2-1-9-16-14(12)19/h3-4,6-7,12H,1-2,5,8-9,15H2,(H,16,19)(H,17,18). The first-order valence-electron chi connectivity index (χ1n) is 6.56. The maximum absolute atomic E-state index is 11.8. The third-order valence-electron chi connectivity index (χ3n) is 3.24. The van der Waals surface area contributed by atoms with Crippen molar-refractivity contribution in [3.8, 4) is 0 Å². The first-order chi connectivity index (χ1) is 9.15. The number of rotatable bonds is 4. The van der Waals surface area contributed by atoms with Gasteiger partial charge in [0.2, 0.25) is 11.8 Å². The molecule has 1 fully saturated rings. The molecule has 0 aliphatic carbocycles. The topological polar surface area (TPSA) is 84.2 Å². The summed E-state index contributed by atoms with van der Waals surface area (Å²) in [4.78, 5) is 23.3. The van der Waals surface area contributed by atoms with Gasteiger partial charge in [-0.2, -0.15) is 0 Å². The molecule has 19 heavy (non-hydrogen) atoms. The van der Waals surface area contributed by atoms with E-state index in [1.807, 2.05) is 24.3 Å². The number of amides is 2. The maximum atomic E-state index is 11.8. The third kappa shape index (κ3) is 3.98. The molecule has 1 saturated heterocycles. The predicted molar refractivity (Wildman–Crippen MR) is 73.3 cm³/mol. The van der Waals surface area contributed by atoms with Gasteiger partial charge in [-0.15, -0.1) is 0 Å². The lowest BCUT2D eigenvalue weighted by Crippen LogP contribution is -2.50. The van der Waals surface area contributed by atoms with E-state index >= 15 is 0 Å². The van der Waals surface area contributed by atoms with Crippen LogP contribution in [-0.4, -0.2) is 24.4 Å². The van der Waals surface area contributed by atoms with Crippen molar-refractivity contribution in [1.82, 2.24) is 10.6 Å². The summed E-state index contributed by atoms with van der Waals surface area (Å²) in [5.74, 6) is -0.161. The molecule has 5 nitrogen and oxygen atoms in total. The van der Waals surface area contributed by atoms with Gasteiger partial charge in [-0.3, -0.25) is 9.59 Å². The molecule has 4 N–H and O–H groups in total. The average molecular weight is 261 g/mol. The summed E-state index contributed by atoms with van der Waals surface area (Å²) >= 11 is 0. The third-order valence-corrected chi connectivity index (χ3v) is 3.24. The monoisotopic (exact) mass is 261 g/mol. The number of nitrogens with two attached hydrogens (primary N) is 1. The fraction of sp³-hybridized carbons (Fsp3) is 0.429. The highest BCUT2D eigenvalue weighted by Crippen LogP contribution is 2.08. The highest BCUT2D eigenvalue weighted by molar-refractivity contribution is 5.88. The number of carbonyl (C=O) groups excluding carboxylic acids is 2. The van der Waals surface area contributed by atoms with Crippen LogP contribution in [0.25, 0.3) is 0 Å². The lowest BCUT2D eigenvalue weighted by Gasteiger charge is -2.22. The van der Waals surface area contributed by atoms with Gasteiger partial charge in [-0.25, -0.2) is 0 Å². The van der Waals surface area contributed by atoms with Crippen LogP contribution in [0.3, 0.4) is 0 Å². The molecule has 0 saturated carbocycles. The Bertz CT molecular complexity index is 456. The van der Waals surface area contributed by atoms with Crippen molar-refractivity contribution in [2.45, 2.75) is 31.7 Å². The number of hydrogen-bond donors (Lipinski definition) is 3. The van der Waals surface area contributed by atoms with Gasteiger partial charge in [0.1, 0.15) is 6.04 Å². The van der Waals surface area contributed by atoms with E-state index in [0.717, 1.165) is 18.4 Å². The normalized spacial score (nSPS) is 18.7. The Morgan fingerprint density at radius 3 is 2.79 bits per heavy atom. The number of anilines is 1. The van der Waals surface area contributed by atoms with Crippen LogP contribution in [0.5, 0.6) is 0 Å². The lowest BCUT2D eigenvalue weighted by atomic mass is 10.1. The molecule has 2 amide bonds. The largest absolute Gasteiger partial charge is 0.399 e. The zero-order valence-corrected chi connectivity index (χ0v) is 10.8. The van der Waals surface area contributed by atoms with E-state index in [0.29, 0.717) is 25.1 Å². The fourth-order valence-corrected chi connectivity index (χ4v) is 2.12. The van der Waals surface area contributed by atoms with Crippen molar-refractivity contribution in [1.29, 1.82) is 0 Å². The number of carbonyl (C=O) groups is 2. The number of nitrogens with one attached hydrogen (secondary N) is 2. The van der Waals surface area contributed by atoms with Crippen molar-refractivity contribution in [3.63, 3.8) is 0 Å². The van der Waals surface area contributed by atoms with Crippen LogP contribution in [0, 0.1) is 0 Å². The summed E-state index contributed by atoms with van der Waals surface area (Å²) in [5.41, 5.74) is 7.38. The number of hydrogen-bond acceptors (Lipinski definition) is 3. The van der Waals surface area contributed by atoms with Gasteiger partial charge in [-0.1, -0.05) is 12.1 Å². The van der Waals surface area contributed by atoms with Crippen molar-refractivity contribution in [3.05, 3.63) is 29.8 Å². The molecule has 0 radical (unpaired) electrons. The quantitative estimate of drug-likeness (QED) is 0.694. The summed E-state index contributed by atoms with van der Waals surface area (Å²) in [7, 11) is 0. The van der Waals surface area contributed by atoms with Gasteiger partial charge >= 0.3 is 0 Å². The predicted octanol–water partition coefficient (Wildman–Crippen LogP) is 0.596. The Balaban J connectivity index is 1.78. The molecule has 0 aromatic heterocycles. The van der Waals surface area contributed by atoms with E-state index < -0.39 is 0 Å². The number of nitrogen functional groups attached to an aromatic ring is 1. The summed E-state index contributed by atoms with van der Waals surface area (Å²) in [5, 5.41) is 5.52. The summed E-state index contributed by atoms with van der Waals surface area (Å²) < 4.78 is 0. The molecule has 0 bridgehead atoms. The lowest BCUT2D eigenvalue weighted by molar-refractivity contribution is -0.130. The number of piperidine rings is 1. The second-order valence-corrected chi connectivity index (χ2v) is 4.79. The van der Waals surface area contributed by atoms with E-state index in [-0.39, 0.29) is 17.9 Å². The fourth-order valence-electron chi connectivity index (χ4n) is 2.12. The van der Waals surface area contributed by atoms with Crippen molar-refractivity contribution < 1.29 is 9.59 Å². The van der Waals surface area contributed by atoms with E-state index in [2.05, 4.69) is 10.6 Å². The van der Waals surface area contributed by atoms with Gasteiger partial charge in [0.25, 0.3) is 0 Å². The molecular weight excluding hydrogens is 242 g/mol. The molecule has 1 aromatic rings. The molecule has 1 unspecified atom stereocenters. The van der Waals surface area contributed by atoms with Crippen LogP contribution >= 0.6 is 0 Å². The van der Waals surface area contributed by atoms with Crippen LogP contribution in [0.2, 0.25) is 0 Å². The molecular formula is C14H19N3O2. The summed E-state index contributed by atoms with van der Waals surface area (Å²) in [6, 6.07) is 7.10. The minimum Gasteiger partial charge on any atom is -0.399 e. The molecule has 102 valence electrons. The van der Waals surface area contributed by atoms with Gasteiger partial charge in [-0.05, 0) is 37.0 Å². The van der Waals surface area contributed by atoms with Crippen molar-refractivity contribution >= 4 is 17.5 Å². The first-order valence-corrected chi connectivity index (χ1v) is 6.56. The minimum atomic E-state index is -0.368. The van der Waals surface area contributed by atoms with Gasteiger partial charge in [0.15, 0.2) is 0 Å². The molecule has 5 heteroatoms. The molecule has 1 atom stereocenters. The van der Waals surface area contributed by atoms with E-state index in [1.165, 1.54) is 0 Å². The highest BCUT2D eigenvalue weighted by atomic mass is 16.2. The SMILES string of the molecule is Nc1ccc(CCC(=O)NC2CCCNC2=O)cc1. The highest BCUT2D eigenvalue weighted by Gasteiger charge is 2.23. The molecule has 0 spiro atoms. The molecule has 1 aromatic carbocycles. The van der Waals surface area contributed by atoms with Crippen LogP contribution < -0.4 is 16.4 Å². The van der Waals surface area contributed by atoms with E-state index in [1.54, 1.807) is 0 Å². The van der Waals surface area contributed by atoms with E-state index in [4.69, 9.17) is 5.73 Å². The second kappa shape index (κ2) is 6.22. The molecule has 1 heterocycles.